The molecule has 1 aliphatic heterocycles. The van der Waals surface area contributed by atoms with Gasteiger partial charge in [-0.1, -0.05) is 68.4 Å². The van der Waals surface area contributed by atoms with Gasteiger partial charge in [0.2, 0.25) is 0 Å². The Kier molecular flexibility index (Phi) is 7.86. The van der Waals surface area contributed by atoms with E-state index < -0.39 is 0 Å². The molecular formula is C47H50N4OPt-2. The summed E-state index contributed by atoms with van der Waals surface area (Å²) >= 11 is 2.38. The van der Waals surface area contributed by atoms with Gasteiger partial charge in [0.1, 0.15) is 0 Å². The second kappa shape index (κ2) is 11.6. The Bertz CT molecular complexity index is 2520. The molecule has 6 aromatic rings. The van der Waals surface area contributed by atoms with Crippen LogP contribution >= 0.6 is 0 Å². The Morgan fingerprint density at radius 3 is 2.11 bits per heavy atom. The number of pyridine rings is 1. The molecule has 8 rings (SSSR count). The van der Waals surface area contributed by atoms with Crippen molar-refractivity contribution in [2.24, 2.45) is 12.5 Å². The summed E-state index contributed by atoms with van der Waals surface area (Å²) < 4.78 is 12.2. The van der Waals surface area contributed by atoms with Crippen molar-refractivity contribution in [3.05, 3.63) is 129 Å². The van der Waals surface area contributed by atoms with E-state index in [1.807, 2.05) is 18.3 Å². The van der Waals surface area contributed by atoms with Crippen molar-refractivity contribution < 1.29 is 24.1 Å². The van der Waals surface area contributed by atoms with Crippen LogP contribution in [0.2, 0.25) is 0 Å². The quantitative estimate of drug-likeness (QED) is 0.166. The van der Waals surface area contributed by atoms with Gasteiger partial charge in [0, 0.05) is 6.20 Å². The van der Waals surface area contributed by atoms with Gasteiger partial charge < -0.3 is 0 Å². The molecule has 6 heteroatoms. The van der Waals surface area contributed by atoms with Crippen LogP contribution in [-0.2, 0) is 48.1 Å². The van der Waals surface area contributed by atoms with Crippen LogP contribution in [0.3, 0.4) is 0 Å². The first-order chi connectivity index (χ1) is 24.8. The van der Waals surface area contributed by atoms with E-state index in [0.717, 1.165) is 37.7 Å². The molecule has 0 atom stereocenters. The topological polar surface area (TPSA) is 35.2 Å². The van der Waals surface area contributed by atoms with Gasteiger partial charge in [-0.25, -0.2) is 0 Å². The summed E-state index contributed by atoms with van der Waals surface area (Å²) in [6, 6.07) is 35.3. The van der Waals surface area contributed by atoms with E-state index in [2.05, 4.69) is 195 Å². The van der Waals surface area contributed by atoms with Gasteiger partial charge >= 0.3 is 209 Å². The number of para-hydroxylation sites is 2. The first-order valence-corrected chi connectivity index (χ1v) is 19.8. The monoisotopic (exact) mass is 881 g/mol. The van der Waals surface area contributed by atoms with Crippen LogP contribution in [-0.4, -0.2) is 14.1 Å². The maximum absolute atomic E-state index is 6.66. The van der Waals surface area contributed by atoms with Crippen molar-refractivity contribution in [2.75, 3.05) is 4.90 Å². The van der Waals surface area contributed by atoms with Gasteiger partial charge in [-0.05, 0) is 44.4 Å². The molecule has 4 aromatic carbocycles. The summed E-state index contributed by atoms with van der Waals surface area (Å²) in [5.74, 6) is 2.15. The van der Waals surface area contributed by atoms with Crippen LogP contribution in [0.5, 0.6) is 11.5 Å². The molecular weight excluding hydrogens is 832 g/mol. The van der Waals surface area contributed by atoms with Crippen molar-refractivity contribution in [3.8, 4) is 17.2 Å². The number of rotatable bonds is 4. The van der Waals surface area contributed by atoms with Gasteiger partial charge in [-0.15, -0.1) is 0 Å². The fourth-order valence-electron chi connectivity index (χ4n) is 8.95. The molecule has 3 heterocycles. The minimum absolute atomic E-state index is 0.0102. The second-order valence-corrected chi connectivity index (χ2v) is 19.1. The Hall–Kier alpha value is -4.21. The molecule has 0 spiro atoms. The van der Waals surface area contributed by atoms with Crippen LogP contribution in [0, 0.1) is 21.4 Å². The summed E-state index contributed by atoms with van der Waals surface area (Å²) in [5, 5.41) is 0. The summed E-state index contributed by atoms with van der Waals surface area (Å²) in [4.78, 5) is 7.39. The molecule has 0 fully saturated rings. The molecule has 0 amide bonds. The van der Waals surface area contributed by atoms with Gasteiger partial charge in [0.05, 0.1) is 0 Å². The fraction of sp³-hybridized carbons (Fsp3) is 0.362. The number of anilines is 3. The molecule has 5 nitrogen and oxygen atoms in total. The fourth-order valence-corrected chi connectivity index (χ4v) is 9.77. The zero-order valence-corrected chi connectivity index (χ0v) is 35.4. The van der Waals surface area contributed by atoms with E-state index in [1.165, 1.54) is 27.8 Å². The molecule has 1 aliphatic carbocycles. The summed E-state index contributed by atoms with van der Waals surface area (Å²) in [6.45, 7) is 26.2. The van der Waals surface area contributed by atoms with E-state index in [4.69, 9.17) is 9.72 Å². The predicted octanol–water partition coefficient (Wildman–Crippen LogP) is 11.8. The number of ether oxygens (including phenoxy) is 1. The molecule has 0 bridgehead atoms. The van der Waals surface area contributed by atoms with Crippen molar-refractivity contribution in [3.63, 3.8) is 0 Å². The van der Waals surface area contributed by atoms with Crippen LogP contribution < -0.4 is 9.64 Å². The number of aromatic nitrogens is 3. The molecule has 2 aliphatic rings. The summed E-state index contributed by atoms with van der Waals surface area (Å²) in [6.07, 6.45) is 1.95. The van der Waals surface area contributed by atoms with E-state index in [9.17, 15) is 0 Å². The number of aryl methyl sites for hydroxylation is 1. The third kappa shape index (κ3) is 5.05. The van der Waals surface area contributed by atoms with Crippen LogP contribution in [0.15, 0.2) is 85.1 Å². The third-order valence-corrected chi connectivity index (χ3v) is 14.5. The van der Waals surface area contributed by atoms with Crippen LogP contribution in [0.25, 0.3) is 16.7 Å². The predicted molar refractivity (Wildman–Crippen MR) is 213 cm³/mol. The number of benzene rings is 4. The number of nitrogens with zero attached hydrogens (tertiary/aromatic N) is 4. The van der Waals surface area contributed by atoms with Gasteiger partial charge in [0.25, 0.3) is 0 Å². The van der Waals surface area contributed by atoms with E-state index in [-0.39, 0.29) is 27.1 Å². The van der Waals surface area contributed by atoms with Crippen molar-refractivity contribution in [1.29, 1.82) is 0 Å². The molecule has 276 valence electrons. The molecule has 0 unspecified atom stereocenters. The number of hydrogen-bond donors (Lipinski definition) is 0. The molecule has 0 N–H and O–H groups in total. The average Bonchev–Trinajstić information content (AvgIpc) is 3.41. The second-order valence-electron chi connectivity index (χ2n) is 18.1. The number of hydrogen-bond acceptors (Lipinski definition) is 3. The first-order valence-electron chi connectivity index (χ1n) is 18.6. The standard InChI is InChI=1S/C47H50N4O.Pt/c1-43(2,3)30-24-25-48-40(26-30)51-38-23-22-35-41(46(8,9)47(10,11)45(35,6)7)42(38)44(4,5)34-21-20-33(28-39(34)51)52-32-17-15-16-31(27-32)50-29-49(12)36-18-13-14-19-37(36)50;/h13-26H,1-12H3;/q-2;. The van der Waals surface area contributed by atoms with E-state index >= 15 is 0 Å². The average molecular weight is 882 g/mol. The zero-order chi connectivity index (χ0) is 38.0. The number of fused-ring (bicyclic) bond motifs is 5. The van der Waals surface area contributed by atoms with E-state index in [0.29, 0.717) is 11.5 Å². The summed E-state index contributed by atoms with van der Waals surface area (Å²) in [5.41, 5.74) is 11.6. The molecule has 2 aromatic heterocycles. The third-order valence-electron chi connectivity index (χ3n) is 13.2. The van der Waals surface area contributed by atoms with Gasteiger partial charge in [-0.2, -0.15) is 0 Å². The Morgan fingerprint density at radius 1 is 0.717 bits per heavy atom. The van der Waals surface area contributed by atoms with Crippen LogP contribution in [0.4, 0.5) is 17.2 Å². The van der Waals surface area contributed by atoms with Crippen molar-refractivity contribution >= 4 is 28.2 Å². The molecule has 0 saturated carbocycles. The normalized spacial score (nSPS) is 17.7. The van der Waals surface area contributed by atoms with Gasteiger partial charge in [0.15, 0.2) is 0 Å². The molecule has 53 heavy (non-hydrogen) atoms. The Labute approximate surface area is 326 Å². The van der Waals surface area contributed by atoms with Crippen molar-refractivity contribution in [1.82, 2.24) is 14.1 Å². The van der Waals surface area contributed by atoms with Gasteiger partial charge in [-0.3, -0.25) is 0 Å². The Balaban J connectivity index is 1.30. The zero-order valence-electron chi connectivity index (χ0n) is 33.1. The van der Waals surface area contributed by atoms with E-state index in [1.54, 1.807) is 0 Å². The van der Waals surface area contributed by atoms with Crippen molar-refractivity contribution in [2.45, 2.75) is 97.8 Å². The number of imidazole rings is 1. The molecule has 0 saturated heterocycles. The summed E-state index contributed by atoms with van der Waals surface area (Å²) in [7, 11) is 2.10. The SMILES string of the molecule is Cn1[c](=[Pt])n(-c2[c-]c(Oc3[c-]c4c(cc3)C(C)(C)c3c(ccc5c3C(C)(C)C(C)(C)C5(C)C)N4c3cc(C(C)(C)C)ccn3)ccc2)c2ccccc21. The first kappa shape index (κ1) is 35.8. The Morgan fingerprint density at radius 2 is 1.40 bits per heavy atom. The molecule has 0 radical (unpaired) electrons. The minimum atomic E-state index is -0.315. The maximum atomic E-state index is 6.66. The van der Waals surface area contributed by atoms with Crippen LogP contribution in [0.1, 0.15) is 104 Å².